The molecule has 3 rings (SSSR count). The van der Waals surface area contributed by atoms with E-state index in [1.807, 2.05) is 48.8 Å². The highest BCUT2D eigenvalue weighted by Gasteiger charge is 2.06. The second-order valence-corrected chi connectivity index (χ2v) is 5.25. The molecule has 118 valence electrons. The van der Waals surface area contributed by atoms with Crippen LogP contribution in [0.15, 0.2) is 61.4 Å². The maximum absolute atomic E-state index is 5.88. The van der Waals surface area contributed by atoms with Crippen LogP contribution < -0.4 is 9.47 Å². The molecule has 1 aromatic heterocycles. The van der Waals surface area contributed by atoms with E-state index in [0.717, 1.165) is 41.1 Å². The molecule has 4 nitrogen and oxygen atoms in total. The smallest absolute Gasteiger partial charge is 0.161 e. The fourth-order valence-electron chi connectivity index (χ4n) is 2.57. The van der Waals surface area contributed by atoms with Gasteiger partial charge in [-0.15, -0.1) is 6.58 Å². The van der Waals surface area contributed by atoms with Gasteiger partial charge in [-0.2, -0.15) is 0 Å². The van der Waals surface area contributed by atoms with Crippen LogP contribution in [0.2, 0.25) is 0 Å². The molecule has 0 radical (unpaired) electrons. The van der Waals surface area contributed by atoms with Crippen molar-refractivity contribution >= 4 is 11.0 Å². The average Bonchev–Trinajstić information content (AvgIpc) is 2.99. The molecular weight excluding hydrogens is 288 g/mol. The molecule has 0 amide bonds. The third-order valence-corrected chi connectivity index (χ3v) is 3.73. The number of hydrogen-bond donors (Lipinski definition) is 0. The first-order valence-electron chi connectivity index (χ1n) is 7.62. The van der Waals surface area contributed by atoms with E-state index in [4.69, 9.17) is 9.47 Å². The van der Waals surface area contributed by atoms with Crippen LogP contribution in [0.4, 0.5) is 0 Å². The Kier molecular flexibility index (Phi) is 4.62. The largest absolute Gasteiger partial charge is 0.493 e. The highest BCUT2D eigenvalue weighted by molar-refractivity contribution is 5.74. The van der Waals surface area contributed by atoms with Crippen molar-refractivity contribution in [3.8, 4) is 11.5 Å². The summed E-state index contributed by atoms with van der Waals surface area (Å²) >= 11 is 0. The lowest BCUT2D eigenvalue weighted by molar-refractivity contribution is 0.281. The number of hydrogen-bond acceptors (Lipinski definition) is 3. The van der Waals surface area contributed by atoms with Crippen molar-refractivity contribution in [3.63, 3.8) is 0 Å². The van der Waals surface area contributed by atoms with Gasteiger partial charge in [0.05, 0.1) is 31.0 Å². The molecule has 0 atom stereocenters. The van der Waals surface area contributed by atoms with Crippen molar-refractivity contribution in [1.82, 2.24) is 9.55 Å². The summed E-state index contributed by atoms with van der Waals surface area (Å²) in [7, 11) is 1.66. The van der Waals surface area contributed by atoms with Gasteiger partial charge >= 0.3 is 0 Å². The molecule has 0 spiro atoms. The van der Waals surface area contributed by atoms with E-state index in [2.05, 4.69) is 22.2 Å². The van der Waals surface area contributed by atoms with Gasteiger partial charge < -0.3 is 14.0 Å². The maximum Gasteiger partial charge on any atom is 0.161 e. The second-order valence-electron chi connectivity index (χ2n) is 5.25. The quantitative estimate of drug-likeness (QED) is 0.622. The fourth-order valence-corrected chi connectivity index (χ4v) is 2.57. The van der Waals surface area contributed by atoms with E-state index in [9.17, 15) is 0 Å². The van der Waals surface area contributed by atoms with Gasteiger partial charge in [0, 0.05) is 0 Å². The number of fused-ring (bicyclic) bond motifs is 1. The van der Waals surface area contributed by atoms with Crippen molar-refractivity contribution in [1.29, 1.82) is 0 Å². The predicted molar refractivity (Wildman–Crippen MR) is 92.1 cm³/mol. The van der Waals surface area contributed by atoms with Gasteiger partial charge in [0.1, 0.15) is 6.61 Å². The summed E-state index contributed by atoms with van der Waals surface area (Å²) in [6.45, 7) is 5.04. The van der Waals surface area contributed by atoms with E-state index in [1.165, 1.54) is 0 Å². The van der Waals surface area contributed by atoms with E-state index >= 15 is 0 Å². The van der Waals surface area contributed by atoms with Crippen molar-refractivity contribution in [2.45, 2.75) is 13.0 Å². The molecule has 0 bridgehead atoms. The van der Waals surface area contributed by atoms with Crippen LogP contribution in [0.3, 0.4) is 0 Å². The van der Waals surface area contributed by atoms with Gasteiger partial charge in [-0.3, -0.25) is 0 Å². The van der Waals surface area contributed by atoms with Crippen LogP contribution in [0.25, 0.3) is 11.0 Å². The third kappa shape index (κ3) is 3.37. The minimum Gasteiger partial charge on any atom is -0.493 e. The molecule has 0 fully saturated rings. The van der Waals surface area contributed by atoms with Crippen LogP contribution in [0.5, 0.6) is 11.5 Å². The molecule has 0 N–H and O–H groups in total. The number of rotatable bonds is 7. The molecular formula is C19H20N2O2. The fraction of sp³-hybridized carbons (Fsp3) is 0.211. The Bertz CT molecular complexity index is 808. The van der Waals surface area contributed by atoms with E-state index in [-0.39, 0.29) is 0 Å². The molecule has 4 heteroatoms. The average molecular weight is 308 g/mol. The lowest BCUT2D eigenvalue weighted by Gasteiger charge is -2.12. The lowest BCUT2D eigenvalue weighted by Crippen LogP contribution is -2.08. The SMILES string of the molecule is C=CCc1ccc(OCCn2cnc3ccccc32)c(OC)c1. The summed E-state index contributed by atoms with van der Waals surface area (Å²) in [6, 6.07) is 14.1. The van der Waals surface area contributed by atoms with Crippen molar-refractivity contribution in [2.24, 2.45) is 0 Å². The summed E-state index contributed by atoms with van der Waals surface area (Å²) in [5, 5.41) is 0. The first-order chi connectivity index (χ1) is 11.3. The Balaban J connectivity index is 1.67. The van der Waals surface area contributed by atoms with Crippen molar-refractivity contribution in [3.05, 3.63) is 67.0 Å². The van der Waals surface area contributed by atoms with Crippen molar-refractivity contribution < 1.29 is 9.47 Å². The number of methoxy groups -OCH3 is 1. The number of aromatic nitrogens is 2. The minimum atomic E-state index is 0.553. The van der Waals surface area contributed by atoms with Gasteiger partial charge in [-0.1, -0.05) is 24.3 Å². The van der Waals surface area contributed by atoms with E-state index in [1.54, 1.807) is 7.11 Å². The van der Waals surface area contributed by atoms with E-state index in [0.29, 0.717) is 6.61 Å². The molecule has 0 unspecified atom stereocenters. The van der Waals surface area contributed by atoms with Gasteiger partial charge in [0.25, 0.3) is 0 Å². The predicted octanol–water partition coefficient (Wildman–Crippen LogP) is 3.85. The number of benzene rings is 2. The number of para-hydroxylation sites is 2. The van der Waals surface area contributed by atoms with Gasteiger partial charge in [-0.05, 0) is 36.2 Å². The molecule has 0 saturated carbocycles. The Hall–Kier alpha value is -2.75. The zero-order valence-corrected chi connectivity index (χ0v) is 13.2. The summed E-state index contributed by atoms with van der Waals surface area (Å²) < 4.78 is 13.4. The van der Waals surface area contributed by atoms with Crippen LogP contribution in [-0.4, -0.2) is 23.3 Å². The monoisotopic (exact) mass is 308 g/mol. The number of ether oxygens (including phenoxy) is 2. The molecule has 0 aliphatic rings. The first-order valence-corrected chi connectivity index (χ1v) is 7.62. The Morgan fingerprint density at radius 1 is 1.17 bits per heavy atom. The van der Waals surface area contributed by atoms with Gasteiger partial charge in [0.2, 0.25) is 0 Å². The zero-order chi connectivity index (χ0) is 16.1. The van der Waals surface area contributed by atoms with Crippen LogP contribution in [-0.2, 0) is 13.0 Å². The summed E-state index contributed by atoms with van der Waals surface area (Å²) in [5.41, 5.74) is 3.27. The third-order valence-electron chi connectivity index (χ3n) is 3.73. The molecule has 3 aromatic rings. The van der Waals surface area contributed by atoms with Crippen LogP contribution >= 0.6 is 0 Å². The number of nitrogens with zero attached hydrogens (tertiary/aromatic N) is 2. The first kappa shape index (κ1) is 15.2. The molecule has 2 aromatic carbocycles. The highest BCUT2D eigenvalue weighted by Crippen LogP contribution is 2.28. The Labute approximate surface area is 136 Å². The highest BCUT2D eigenvalue weighted by atomic mass is 16.5. The van der Waals surface area contributed by atoms with Gasteiger partial charge in [0.15, 0.2) is 11.5 Å². The topological polar surface area (TPSA) is 36.3 Å². The van der Waals surface area contributed by atoms with Gasteiger partial charge in [-0.25, -0.2) is 4.98 Å². The molecule has 23 heavy (non-hydrogen) atoms. The van der Waals surface area contributed by atoms with E-state index < -0.39 is 0 Å². The Morgan fingerprint density at radius 2 is 2.04 bits per heavy atom. The van der Waals surface area contributed by atoms with Crippen LogP contribution in [0.1, 0.15) is 5.56 Å². The normalized spacial score (nSPS) is 10.7. The summed E-state index contributed by atoms with van der Waals surface area (Å²) in [4.78, 5) is 4.38. The Morgan fingerprint density at radius 3 is 2.87 bits per heavy atom. The van der Waals surface area contributed by atoms with Crippen LogP contribution in [0, 0.1) is 0 Å². The summed E-state index contributed by atoms with van der Waals surface area (Å²) in [6.07, 6.45) is 4.54. The second kappa shape index (κ2) is 7.01. The molecule has 0 aliphatic heterocycles. The molecule has 0 saturated heterocycles. The lowest BCUT2D eigenvalue weighted by atomic mass is 10.1. The molecule has 0 aliphatic carbocycles. The number of imidazole rings is 1. The molecule has 1 heterocycles. The zero-order valence-electron chi connectivity index (χ0n) is 13.2. The standard InChI is InChI=1S/C19H20N2O2/c1-3-6-15-9-10-18(19(13-15)22-2)23-12-11-21-14-20-16-7-4-5-8-17(16)21/h3-5,7-10,13-14H,1,6,11-12H2,2H3. The maximum atomic E-state index is 5.88. The number of allylic oxidation sites excluding steroid dienone is 1. The minimum absolute atomic E-state index is 0.553. The summed E-state index contributed by atoms with van der Waals surface area (Å²) in [5.74, 6) is 1.50. The van der Waals surface area contributed by atoms with Crippen molar-refractivity contribution in [2.75, 3.05) is 13.7 Å².